The lowest BCUT2D eigenvalue weighted by atomic mass is 10.2. The normalized spacial score (nSPS) is 11.9. The summed E-state index contributed by atoms with van der Waals surface area (Å²) in [6.07, 6.45) is 1.94. The third-order valence-corrected chi connectivity index (χ3v) is 6.39. The number of sulfonamides is 1. The number of aromatic nitrogens is 3. The van der Waals surface area contributed by atoms with Crippen LogP contribution in [0.2, 0.25) is 0 Å². The van der Waals surface area contributed by atoms with Gasteiger partial charge >= 0.3 is 0 Å². The number of nitrogens with zero attached hydrogens (tertiary/aromatic N) is 4. The summed E-state index contributed by atoms with van der Waals surface area (Å²) in [6, 6.07) is 14.8. The number of hydrogen-bond acceptors (Lipinski definition) is 5. The van der Waals surface area contributed by atoms with Crippen molar-refractivity contribution in [1.29, 1.82) is 0 Å². The summed E-state index contributed by atoms with van der Waals surface area (Å²) in [4.78, 5) is 0.226. The molecule has 3 rings (SSSR count). The molecule has 0 aliphatic heterocycles. The Hall–Kier alpha value is -2.16. The molecule has 0 radical (unpaired) electrons. The Kier molecular flexibility index (Phi) is 5.17. The van der Waals surface area contributed by atoms with Crippen molar-refractivity contribution in [2.24, 2.45) is 0 Å². The van der Waals surface area contributed by atoms with Crippen molar-refractivity contribution in [2.45, 2.75) is 17.0 Å². The Bertz CT molecular complexity index is 1040. The first-order valence-corrected chi connectivity index (χ1v) is 10.6. The Labute approximate surface area is 157 Å². The molecule has 1 aromatic heterocycles. The predicted octanol–water partition coefficient (Wildman–Crippen LogP) is 3.21. The molecule has 0 fully saturated rings. The molecule has 6 nitrogen and oxygen atoms in total. The van der Waals surface area contributed by atoms with E-state index in [2.05, 4.69) is 10.2 Å². The van der Waals surface area contributed by atoms with Crippen LogP contribution in [0.15, 0.2) is 58.6 Å². The van der Waals surface area contributed by atoms with Gasteiger partial charge in [-0.25, -0.2) is 12.7 Å². The van der Waals surface area contributed by atoms with Crippen LogP contribution >= 0.6 is 11.8 Å². The quantitative estimate of drug-likeness (QED) is 0.628. The third-order valence-electron chi connectivity index (χ3n) is 3.95. The maximum absolute atomic E-state index is 12.5. The summed E-state index contributed by atoms with van der Waals surface area (Å²) in [5.41, 5.74) is 2.76. The Morgan fingerprint density at radius 1 is 1.04 bits per heavy atom. The minimum atomic E-state index is -3.52. The molecular formula is C18H20N4O2S2. The number of benzene rings is 2. The van der Waals surface area contributed by atoms with Crippen LogP contribution in [0.5, 0.6) is 0 Å². The monoisotopic (exact) mass is 388 g/mol. The summed E-state index contributed by atoms with van der Waals surface area (Å²) in [5, 5.41) is 9.32. The molecule has 3 aromatic rings. The van der Waals surface area contributed by atoms with Crippen molar-refractivity contribution in [3.05, 3.63) is 54.1 Å². The van der Waals surface area contributed by atoms with Crippen LogP contribution in [0.3, 0.4) is 0 Å². The lowest BCUT2D eigenvalue weighted by Gasteiger charge is -2.13. The highest BCUT2D eigenvalue weighted by Crippen LogP contribution is 2.29. The van der Waals surface area contributed by atoms with Gasteiger partial charge in [0.1, 0.15) is 0 Å². The number of hydrogen-bond donors (Lipinski definition) is 0. The van der Waals surface area contributed by atoms with Gasteiger partial charge in [0, 0.05) is 25.3 Å². The van der Waals surface area contributed by atoms with Crippen molar-refractivity contribution in [3.8, 4) is 17.1 Å². The van der Waals surface area contributed by atoms with Crippen LogP contribution in [-0.2, 0) is 10.0 Å². The summed E-state index contributed by atoms with van der Waals surface area (Å²) >= 11 is 1.49. The number of rotatable bonds is 5. The average molecular weight is 389 g/mol. The van der Waals surface area contributed by atoms with Crippen LogP contribution in [0.1, 0.15) is 5.56 Å². The fourth-order valence-corrected chi connectivity index (χ4v) is 4.04. The standard InChI is InChI=1S/C18H20N4O2S2/c1-13-7-5-9-15(11-13)22-17(19-20-18(22)25-4)14-8-6-10-16(12-14)26(23,24)21(2)3/h5-12H,1-4H3. The molecule has 0 saturated carbocycles. The van der Waals surface area contributed by atoms with Crippen LogP contribution < -0.4 is 0 Å². The largest absolute Gasteiger partial charge is 0.270 e. The van der Waals surface area contributed by atoms with Gasteiger partial charge in [-0.15, -0.1) is 10.2 Å². The van der Waals surface area contributed by atoms with Crippen molar-refractivity contribution in [3.63, 3.8) is 0 Å². The second-order valence-corrected chi connectivity index (χ2v) is 8.93. The molecule has 0 atom stereocenters. The topological polar surface area (TPSA) is 68.1 Å². The molecule has 0 aliphatic carbocycles. The van der Waals surface area contributed by atoms with E-state index in [1.807, 2.05) is 48.1 Å². The second kappa shape index (κ2) is 7.22. The van der Waals surface area contributed by atoms with E-state index in [9.17, 15) is 8.42 Å². The molecule has 26 heavy (non-hydrogen) atoms. The first kappa shape index (κ1) is 18.6. The molecule has 1 heterocycles. The maximum Gasteiger partial charge on any atom is 0.242 e. The molecule has 2 aromatic carbocycles. The van der Waals surface area contributed by atoms with Crippen molar-refractivity contribution in [2.75, 3.05) is 20.4 Å². The van der Waals surface area contributed by atoms with Gasteiger partial charge in [-0.2, -0.15) is 0 Å². The van der Waals surface area contributed by atoms with Crippen LogP contribution in [0, 0.1) is 6.92 Å². The van der Waals surface area contributed by atoms with E-state index in [1.165, 1.54) is 30.2 Å². The fourth-order valence-electron chi connectivity index (χ4n) is 2.60. The van der Waals surface area contributed by atoms with E-state index in [0.29, 0.717) is 11.4 Å². The minimum absolute atomic E-state index is 0.226. The molecule has 0 amide bonds. The predicted molar refractivity (Wildman–Crippen MR) is 104 cm³/mol. The lowest BCUT2D eigenvalue weighted by molar-refractivity contribution is 0.521. The Balaban J connectivity index is 2.19. The van der Waals surface area contributed by atoms with Gasteiger partial charge in [-0.3, -0.25) is 4.57 Å². The summed E-state index contributed by atoms with van der Waals surface area (Å²) < 4.78 is 28.1. The van der Waals surface area contributed by atoms with Gasteiger partial charge in [-0.05, 0) is 43.0 Å². The lowest BCUT2D eigenvalue weighted by Crippen LogP contribution is -2.22. The number of aryl methyl sites for hydroxylation is 1. The van der Waals surface area contributed by atoms with Gasteiger partial charge < -0.3 is 0 Å². The third kappa shape index (κ3) is 3.40. The van der Waals surface area contributed by atoms with E-state index in [-0.39, 0.29) is 4.90 Å². The van der Waals surface area contributed by atoms with Crippen molar-refractivity contribution >= 4 is 21.8 Å². The number of thioether (sulfide) groups is 1. The molecule has 0 aliphatic rings. The van der Waals surface area contributed by atoms with E-state index in [1.54, 1.807) is 18.2 Å². The van der Waals surface area contributed by atoms with E-state index >= 15 is 0 Å². The van der Waals surface area contributed by atoms with Gasteiger partial charge in [0.25, 0.3) is 0 Å². The van der Waals surface area contributed by atoms with Gasteiger partial charge in [0.2, 0.25) is 10.0 Å². The van der Waals surface area contributed by atoms with Crippen molar-refractivity contribution in [1.82, 2.24) is 19.1 Å². The molecule has 0 unspecified atom stereocenters. The molecular weight excluding hydrogens is 368 g/mol. The highest BCUT2D eigenvalue weighted by atomic mass is 32.2. The van der Waals surface area contributed by atoms with Crippen LogP contribution in [0.25, 0.3) is 17.1 Å². The van der Waals surface area contributed by atoms with Crippen molar-refractivity contribution < 1.29 is 8.42 Å². The first-order valence-electron chi connectivity index (χ1n) is 7.94. The maximum atomic E-state index is 12.5. The highest BCUT2D eigenvalue weighted by Gasteiger charge is 2.20. The minimum Gasteiger partial charge on any atom is -0.270 e. The molecule has 0 bridgehead atoms. The van der Waals surface area contributed by atoms with E-state index in [0.717, 1.165) is 16.4 Å². The van der Waals surface area contributed by atoms with Crippen LogP contribution in [-0.4, -0.2) is 47.8 Å². The molecule has 0 N–H and O–H groups in total. The summed E-state index contributed by atoms with van der Waals surface area (Å²) in [6.45, 7) is 2.02. The average Bonchev–Trinajstić information content (AvgIpc) is 3.05. The molecule has 136 valence electrons. The first-order chi connectivity index (χ1) is 12.3. The zero-order chi connectivity index (χ0) is 18.9. The smallest absolute Gasteiger partial charge is 0.242 e. The van der Waals surface area contributed by atoms with E-state index in [4.69, 9.17) is 0 Å². The molecule has 0 spiro atoms. The zero-order valence-corrected chi connectivity index (χ0v) is 16.7. The summed E-state index contributed by atoms with van der Waals surface area (Å²) in [7, 11) is -0.486. The second-order valence-electron chi connectivity index (χ2n) is 6.00. The van der Waals surface area contributed by atoms with E-state index < -0.39 is 10.0 Å². The molecule has 0 saturated heterocycles. The molecule has 8 heteroatoms. The SMILES string of the molecule is CSc1nnc(-c2cccc(S(=O)(=O)N(C)C)c2)n1-c1cccc(C)c1. The fraction of sp³-hybridized carbons (Fsp3) is 0.222. The van der Waals surface area contributed by atoms with Gasteiger partial charge in [0.05, 0.1) is 4.90 Å². The van der Waals surface area contributed by atoms with Gasteiger partial charge in [0.15, 0.2) is 11.0 Å². The Morgan fingerprint density at radius 2 is 1.77 bits per heavy atom. The zero-order valence-electron chi connectivity index (χ0n) is 15.0. The Morgan fingerprint density at radius 3 is 2.42 bits per heavy atom. The van der Waals surface area contributed by atoms with Gasteiger partial charge in [-0.1, -0.05) is 36.0 Å². The summed E-state index contributed by atoms with van der Waals surface area (Å²) in [5.74, 6) is 0.607. The van der Waals surface area contributed by atoms with Crippen LogP contribution in [0.4, 0.5) is 0 Å². The highest BCUT2D eigenvalue weighted by molar-refractivity contribution is 7.98.